The van der Waals surface area contributed by atoms with Crippen molar-refractivity contribution in [1.82, 2.24) is 15.1 Å². The van der Waals surface area contributed by atoms with E-state index in [1.54, 1.807) is 54.4 Å². The third kappa shape index (κ3) is 5.35. The standard InChI is InChI=1S/C27H21Cl2N5O2S/c1-2-37-23-8-5-17(15-31-23)11-22(35)32-19-12-20(28)24(21(29)13-19)27(9-10-27)26-33-25(36-34-26)18-6-3-16(14-30)4-7-18/h3-8,12-13,15H,2,9-11H2,1H3,(H,32,35). The number of carbonyl (C=O) groups excluding carboxylic acids is 1. The molecule has 2 aromatic carbocycles. The predicted octanol–water partition coefficient (Wildman–Crippen LogP) is 6.68. The fraction of sp³-hybridized carbons (Fsp3) is 0.222. The van der Waals surface area contributed by atoms with Crippen molar-refractivity contribution in [2.45, 2.75) is 36.6 Å². The molecular formula is C27H21Cl2N5O2S. The number of anilines is 1. The predicted molar refractivity (Wildman–Crippen MR) is 144 cm³/mol. The highest BCUT2D eigenvalue weighted by Gasteiger charge is 2.52. The number of benzene rings is 2. The summed E-state index contributed by atoms with van der Waals surface area (Å²) >= 11 is 15.0. The number of aromatic nitrogens is 3. The first kappa shape index (κ1) is 25.3. The van der Waals surface area contributed by atoms with Crippen molar-refractivity contribution in [3.05, 3.63) is 87.3 Å². The lowest BCUT2D eigenvalue weighted by Crippen LogP contribution is -2.16. The first-order chi connectivity index (χ1) is 17.9. The Morgan fingerprint density at radius 1 is 1.16 bits per heavy atom. The second kappa shape index (κ2) is 10.5. The quantitative estimate of drug-likeness (QED) is 0.244. The molecule has 1 saturated carbocycles. The van der Waals surface area contributed by atoms with Gasteiger partial charge in [0.05, 0.1) is 28.5 Å². The molecule has 1 aliphatic rings. The second-order valence-corrected chi connectivity index (χ2v) is 10.8. The number of thioether (sulfide) groups is 1. The molecule has 0 spiro atoms. The molecule has 0 atom stereocenters. The molecule has 1 aliphatic carbocycles. The summed E-state index contributed by atoms with van der Waals surface area (Å²) in [6.07, 6.45) is 3.44. The Hall–Kier alpha value is -3.38. The molecule has 0 saturated heterocycles. The fourth-order valence-electron chi connectivity index (χ4n) is 4.17. The Balaban J connectivity index is 1.32. The van der Waals surface area contributed by atoms with E-state index in [1.807, 2.05) is 12.1 Å². The van der Waals surface area contributed by atoms with Crippen molar-refractivity contribution in [2.24, 2.45) is 0 Å². The minimum absolute atomic E-state index is 0.186. The van der Waals surface area contributed by atoms with Gasteiger partial charge in [0.25, 0.3) is 5.89 Å². The first-order valence-electron chi connectivity index (χ1n) is 11.6. The Kier molecular flexibility index (Phi) is 7.20. The molecule has 7 nitrogen and oxygen atoms in total. The van der Waals surface area contributed by atoms with E-state index in [1.165, 1.54) is 0 Å². The molecule has 1 N–H and O–H groups in total. The van der Waals surface area contributed by atoms with Crippen LogP contribution in [0.2, 0.25) is 10.0 Å². The molecule has 2 heterocycles. The van der Waals surface area contributed by atoms with E-state index in [9.17, 15) is 4.79 Å². The summed E-state index contributed by atoms with van der Waals surface area (Å²) in [4.78, 5) is 21.6. The Morgan fingerprint density at radius 2 is 1.89 bits per heavy atom. The molecule has 10 heteroatoms. The van der Waals surface area contributed by atoms with E-state index in [0.29, 0.717) is 38.6 Å². The minimum Gasteiger partial charge on any atom is -0.334 e. The van der Waals surface area contributed by atoms with Crippen LogP contribution in [0.4, 0.5) is 5.69 Å². The topological polar surface area (TPSA) is 105 Å². The van der Waals surface area contributed by atoms with Crippen LogP contribution in [0.25, 0.3) is 11.5 Å². The zero-order valence-electron chi connectivity index (χ0n) is 19.8. The van der Waals surface area contributed by atoms with E-state index in [0.717, 1.165) is 34.7 Å². The second-order valence-electron chi connectivity index (χ2n) is 8.67. The SMILES string of the molecule is CCSc1ccc(CC(=O)Nc2cc(Cl)c(C3(c4noc(-c5ccc(C#N)cc5)n4)CC3)c(Cl)c2)cn1. The Morgan fingerprint density at radius 3 is 2.49 bits per heavy atom. The van der Waals surface area contributed by atoms with Gasteiger partial charge in [-0.05, 0) is 66.6 Å². The monoisotopic (exact) mass is 549 g/mol. The van der Waals surface area contributed by atoms with Crippen molar-refractivity contribution >= 4 is 46.6 Å². The number of nitrogens with zero attached hydrogens (tertiary/aromatic N) is 4. The molecule has 0 aliphatic heterocycles. The summed E-state index contributed by atoms with van der Waals surface area (Å²) in [7, 11) is 0. The van der Waals surface area contributed by atoms with Crippen LogP contribution in [0.3, 0.4) is 0 Å². The van der Waals surface area contributed by atoms with Crippen LogP contribution < -0.4 is 5.32 Å². The van der Waals surface area contributed by atoms with Gasteiger partial charge in [-0.2, -0.15) is 10.2 Å². The van der Waals surface area contributed by atoms with Crippen molar-refractivity contribution in [1.29, 1.82) is 5.26 Å². The largest absolute Gasteiger partial charge is 0.334 e. The number of carbonyl (C=O) groups is 1. The summed E-state index contributed by atoms with van der Waals surface area (Å²) in [5.41, 5.74) is 2.77. The van der Waals surface area contributed by atoms with Gasteiger partial charge in [0.1, 0.15) is 0 Å². The van der Waals surface area contributed by atoms with E-state index in [4.69, 9.17) is 33.0 Å². The normalized spacial score (nSPS) is 13.7. The molecule has 2 aromatic heterocycles. The van der Waals surface area contributed by atoms with E-state index >= 15 is 0 Å². The lowest BCUT2D eigenvalue weighted by Gasteiger charge is -2.17. The molecule has 1 amide bonds. The number of hydrogen-bond donors (Lipinski definition) is 1. The van der Waals surface area contributed by atoms with E-state index < -0.39 is 5.41 Å². The maximum absolute atomic E-state index is 12.6. The van der Waals surface area contributed by atoms with Gasteiger partial charge in [0.15, 0.2) is 5.82 Å². The average molecular weight is 550 g/mol. The van der Waals surface area contributed by atoms with Gasteiger partial charge in [-0.3, -0.25) is 4.79 Å². The number of amides is 1. The summed E-state index contributed by atoms with van der Waals surface area (Å²) in [5.74, 6) is 1.61. The van der Waals surface area contributed by atoms with Crippen LogP contribution in [0.5, 0.6) is 0 Å². The smallest absolute Gasteiger partial charge is 0.257 e. The highest BCUT2D eigenvalue weighted by molar-refractivity contribution is 7.99. The summed E-state index contributed by atoms with van der Waals surface area (Å²) in [6, 6.07) is 16.2. The molecule has 0 unspecified atom stereocenters. The molecule has 0 bridgehead atoms. The van der Waals surface area contributed by atoms with Crippen LogP contribution in [-0.2, 0) is 16.6 Å². The van der Waals surface area contributed by atoms with Gasteiger partial charge in [0.2, 0.25) is 5.91 Å². The minimum atomic E-state index is -0.547. The molecular weight excluding hydrogens is 529 g/mol. The van der Waals surface area contributed by atoms with Crippen LogP contribution in [-0.4, -0.2) is 26.8 Å². The molecule has 0 radical (unpaired) electrons. The molecule has 4 aromatic rings. The van der Waals surface area contributed by atoms with E-state index in [-0.39, 0.29) is 12.3 Å². The van der Waals surface area contributed by atoms with Crippen LogP contribution in [0.15, 0.2) is 64.3 Å². The summed E-state index contributed by atoms with van der Waals surface area (Å²) in [6.45, 7) is 2.07. The zero-order chi connectivity index (χ0) is 26.0. The van der Waals surface area contributed by atoms with Gasteiger partial charge in [-0.1, -0.05) is 41.3 Å². The molecule has 186 valence electrons. The van der Waals surface area contributed by atoms with Crippen LogP contribution in [0, 0.1) is 11.3 Å². The lowest BCUT2D eigenvalue weighted by atomic mass is 9.94. The maximum atomic E-state index is 12.6. The highest BCUT2D eigenvalue weighted by Crippen LogP contribution is 2.57. The summed E-state index contributed by atoms with van der Waals surface area (Å²) in [5, 5.41) is 17.9. The van der Waals surface area contributed by atoms with E-state index in [2.05, 4.69) is 33.4 Å². The number of nitrogens with one attached hydrogen (secondary N) is 1. The number of pyridine rings is 1. The van der Waals surface area contributed by atoms with Crippen molar-refractivity contribution in [2.75, 3.05) is 11.1 Å². The Labute approximate surface area is 228 Å². The summed E-state index contributed by atoms with van der Waals surface area (Å²) < 4.78 is 5.51. The van der Waals surface area contributed by atoms with Crippen LogP contribution in [0.1, 0.15) is 42.3 Å². The third-order valence-electron chi connectivity index (χ3n) is 6.12. The lowest BCUT2D eigenvalue weighted by molar-refractivity contribution is -0.115. The molecule has 1 fully saturated rings. The Bertz CT molecular complexity index is 1470. The van der Waals surface area contributed by atoms with Gasteiger partial charge in [-0.15, -0.1) is 11.8 Å². The first-order valence-corrected chi connectivity index (χ1v) is 13.4. The average Bonchev–Trinajstić information content (AvgIpc) is 3.51. The number of hydrogen-bond acceptors (Lipinski definition) is 7. The van der Waals surface area contributed by atoms with Crippen molar-refractivity contribution < 1.29 is 9.32 Å². The van der Waals surface area contributed by atoms with Gasteiger partial charge in [0, 0.05) is 33.1 Å². The van der Waals surface area contributed by atoms with Gasteiger partial charge < -0.3 is 9.84 Å². The zero-order valence-corrected chi connectivity index (χ0v) is 22.1. The third-order valence-corrected chi connectivity index (χ3v) is 7.55. The fourth-order valence-corrected chi connectivity index (χ4v) is 5.61. The number of nitriles is 1. The molecule has 37 heavy (non-hydrogen) atoms. The molecule has 5 rings (SSSR count). The number of halogens is 2. The number of rotatable bonds is 8. The highest BCUT2D eigenvalue weighted by atomic mass is 35.5. The van der Waals surface area contributed by atoms with Crippen molar-refractivity contribution in [3.8, 4) is 17.5 Å². The maximum Gasteiger partial charge on any atom is 0.257 e. The van der Waals surface area contributed by atoms with Gasteiger partial charge >= 0.3 is 0 Å². The van der Waals surface area contributed by atoms with Crippen molar-refractivity contribution in [3.63, 3.8) is 0 Å². The van der Waals surface area contributed by atoms with Crippen LogP contribution >= 0.6 is 35.0 Å². The van der Waals surface area contributed by atoms with Gasteiger partial charge in [-0.25, -0.2) is 4.98 Å².